The Hall–Kier alpha value is -1.88. The predicted octanol–water partition coefficient (Wildman–Crippen LogP) is 2.09. The van der Waals surface area contributed by atoms with Crippen molar-refractivity contribution in [3.05, 3.63) is 29.8 Å². The summed E-state index contributed by atoms with van der Waals surface area (Å²) < 4.78 is 0. The molecule has 1 heterocycles. The third-order valence-electron chi connectivity index (χ3n) is 4.26. The molecule has 0 spiro atoms. The predicted molar refractivity (Wildman–Crippen MR) is 87.6 cm³/mol. The van der Waals surface area contributed by atoms with Crippen molar-refractivity contribution in [2.24, 2.45) is 17.1 Å². The molecule has 3 N–H and O–H groups in total. The number of carbonyl (C=O) groups excluding carboxylic acids is 2. The van der Waals surface area contributed by atoms with Crippen molar-refractivity contribution < 1.29 is 9.59 Å². The molecule has 0 bridgehead atoms. The SMILES string of the molecule is CC(C)C(=O)Nc1ccc(C(=O)N2CCC(C)(CN)C2)cc1. The van der Waals surface area contributed by atoms with E-state index >= 15 is 0 Å². The van der Waals surface area contributed by atoms with Crippen LogP contribution in [0, 0.1) is 11.3 Å². The van der Waals surface area contributed by atoms with Gasteiger partial charge in [-0.25, -0.2) is 0 Å². The van der Waals surface area contributed by atoms with E-state index in [2.05, 4.69) is 12.2 Å². The third kappa shape index (κ3) is 3.65. The second-order valence-electron chi connectivity index (χ2n) is 6.71. The van der Waals surface area contributed by atoms with Gasteiger partial charge in [-0.2, -0.15) is 0 Å². The smallest absolute Gasteiger partial charge is 0.253 e. The Bertz CT molecular complexity index is 554. The zero-order valence-electron chi connectivity index (χ0n) is 13.6. The molecule has 5 nitrogen and oxygen atoms in total. The molecule has 22 heavy (non-hydrogen) atoms. The van der Waals surface area contributed by atoms with Gasteiger partial charge in [0, 0.05) is 30.3 Å². The summed E-state index contributed by atoms with van der Waals surface area (Å²) in [7, 11) is 0. The lowest BCUT2D eigenvalue weighted by Crippen LogP contribution is -2.34. The number of anilines is 1. The molecule has 0 aliphatic carbocycles. The van der Waals surface area contributed by atoms with Crippen molar-refractivity contribution >= 4 is 17.5 Å². The van der Waals surface area contributed by atoms with Crippen molar-refractivity contribution in [1.82, 2.24) is 4.90 Å². The Balaban J connectivity index is 2.02. The van der Waals surface area contributed by atoms with Crippen LogP contribution in [-0.4, -0.2) is 36.3 Å². The molecule has 2 rings (SSSR count). The number of nitrogens with one attached hydrogen (secondary N) is 1. The van der Waals surface area contributed by atoms with E-state index in [0.717, 1.165) is 13.0 Å². The molecule has 1 aliphatic heterocycles. The third-order valence-corrected chi connectivity index (χ3v) is 4.26. The van der Waals surface area contributed by atoms with Crippen LogP contribution in [0.4, 0.5) is 5.69 Å². The molecule has 5 heteroatoms. The lowest BCUT2D eigenvalue weighted by atomic mass is 9.90. The normalized spacial score (nSPS) is 21.2. The fourth-order valence-electron chi connectivity index (χ4n) is 2.53. The van der Waals surface area contributed by atoms with Crippen LogP contribution in [0.15, 0.2) is 24.3 Å². The van der Waals surface area contributed by atoms with Gasteiger partial charge in [0.1, 0.15) is 0 Å². The number of benzene rings is 1. The van der Waals surface area contributed by atoms with Crippen LogP contribution in [0.5, 0.6) is 0 Å². The van der Waals surface area contributed by atoms with Crippen LogP contribution in [0.25, 0.3) is 0 Å². The first-order valence-corrected chi connectivity index (χ1v) is 7.75. The van der Waals surface area contributed by atoms with Crippen molar-refractivity contribution in [3.8, 4) is 0 Å². The summed E-state index contributed by atoms with van der Waals surface area (Å²) in [6.45, 7) is 7.85. The highest BCUT2D eigenvalue weighted by atomic mass is 16.2. The van der Waals surface area contributed by atoms with E-state index in [9.17, 15) is 9.59 Å². The van der Waals surface area contributed by atoms with Gasteiger partial charge >= 0.3 is 0 Å². The number of nitrogens with two attached hydrogens (primary N) is 1. The molecule has 1 aromatic rings. The first-order chi connectivity index (χ1) is 10.3. The molecule has 1 unspecified atom stereocenters. The zero-order valence-corrected chi connectivity index (χ0v) is 13.6. The van der Waals surface area contributed by atoms with Gasteiger partial charge in [0.2, 0.25) is 5.91 Å². The van der Waals surface area contributed by atoms with Crippen LogP contribution < -0.4 is 11.1 Å². The largest absolute Gasteiger partial charge is 0.338 e. The average Bonchev–Trinajstić information content (AvgIpc) is 2.90. The first kappa shape index (κ1) is 16.5. The maximum absolute atomic E-state index is 12.5. The molecule has 0 saturated carbocycles. The number of rotatable bonds is 4. The van der Waals surface area contributed by atoms with Gasteiger partial charge in [-0.1, -0.05) is 20.8 Å². The second-order valence-corrected chi connectivity index (χ2v) is 6.71. The summed E-state index contributed by atoms with van der Waals surface area (Å²) in [5.41, 5.74) is 7.16. The fraction of sp³-hybridized carbons (Fsp3) is 0.529. The van der Waals surface area contributed by atoms with E-state index < -0.39 is 0 Å². The van der Waals surface area contributed by atoms with Gasteiger partial charge in [-0.3, -0.25) is 9.59 Å². The Kier molecular flexibility index (Phi) is 4.86. The minimum atomic E-state index is -0.0696. The maximum Gasteiger partial charge on any atom is 0.253 e. The summed E-state index contributed by atoms with van der Waals surface area (Å²) in [6.07, 6.45) is 0.942. The second kappa shape index (κ2) is 6.48. The number of nitrogens with zero attached hydrogens (tertiary/aromatic N) is 1. The van der Waals surface area contributed by atoms with E-state index in [1.807, 2.05) is 18.7 Å². The van der Waals surface area contributed by atoms with Crippen LogP contribution in [0.3, 0.4) is 0 Å². The van der Waals surface area contributed by atoms with Gasteiger partial charge in [-0.05, 0) is 42.6 Å². The Morgan fingerprint density at radius 2 is 1.95 bits per heavy atom. The van der Waals surface area contributed by atoms with E-state index in [4.69, 9.17) is 5.73 Å². The summed E-state index contributed by atoms with van der Waals surface area (Å²) >= 11 is 0. The standard InChI is InChI=1S/C17H25N3O2/c1-12(2)15(21)19-14-6-4-13(5-7-14)16(22)20-9-8-17(3,10-18)11-20/h4-7,12H,8-11,18H2,1-3H3,(H,19,21). The quantitative estimate of drug-likeness (QED) is 0.894. The molecule has 120 valence electrons. The number of hydrogen-bond acceptors (Lipinski definition) is 3. The monoisotopic (exact) mass is 303 g/mol. The molecule has 1 saturated heterocycles. The molecular formula is C17H25N3O2. The molecule has 1 aliphatic rings. The van der Waals surface area contributed by atoms with E-state index in [-0.39, 0.29) is 23.1 Å². The van der Waals surface area contributed by atoms with Gasteiger partial charge in [0.15, 0.2) is 0 Å². The van der Waals surface area contributed by atoms with Crippen molar-refractivity contribution in [3.63, 3.8) is 0 Å². The molecule has 1 aromatic carbocycles. The molecule has 0 aromatic heterocycles. The minimum Gasteiger partial charge on any atom is -0.338 e. The topological polar surface area (TPSA) is 75.4 Å². The number of likely N-dealkylation sites (tertiary alicyclic amines) is 1. The summed E-state index contributed by atoms with van der Waals surface area (Å²) in [5.74, 6) is -0.0731. The van der Waals surface area contributed by atoms with E-state index in [1.54, 1.807) is 24.3 Å². The van der Waals surface area contributed by atoms with Crippen LogP contribution in [0.1, 0.15) is 37.6 Å². The Morgan fingerprint density at radius 3 is 2.45 bits per heavy atom. The highest BCUT2D eigenvalue weighted by Gasteiger charge is 2.35. The fourth-order valence-corrected chi connectivity index (χ4v) is 2.53. The van der Waals surface area contributed by atoms with Crippen molar-refractivity contribution in [2.45, 2.75) is 27.2 Å². The van der Waals surface area contributed by atoms with E-state index in [0.29, 0.717) is 24.3 Å². The highest BCUT2D eigenvalue weighted by Crippen LogP contribution is 2.29. The van der Waals surface area contributed by atoms with Crippen molar-refractivity contribution in [2.75, 3.05) is 25.0 Å². The first-order valence-electron chi connectivity index (χ1n) is 7.75. The lowest BCUT2D eigenvalue weighted by molar-refractivity contribution is -0.118. The zero-order chi connectivity index (χ0) is 16.3. The van der Waals surface area contributed by atoms with Crippen LogP contribution >= 0.6 is 0 Å². The van der Waals surface area contributed by atoms with Gasteiger partial charge < -0.3 is 16.0 Å². The molecular weight excluding hydrogens is 278 g/mol. The summed E-state index contributed by atoms with van der Waals surface area (Å²) in [4.78, 5) is 26.0. The highest BCUT2D eigenvalue weighted by molar-refractivity contribution is 5.96. The van der Waals surface area contributed by atoms with Crippen LogP contribution in [-0.2, 0) is 4.79 Å². The van der Waals surface area contributed by atoms with Gasteiger partial charge in [0.25, 0.3) is 5.91 Å². The Morgan fingerprint density at radius 1 is 1.32 bits per heavy atom. The molecule has 0 radical (unpaired) electrons. The number of carbonyl (C=O) groups is 2. The molecule has 2 amide bonds. The number of amides is 2. The van der Waals surface area contributed by atoms with Gasteiger partial charge in [-0.15, -0.1) is 0 Å². The Labute approximate surface area is 131 Å². The van der Waals surface area contributed by atoms with E-state index in [1.165, 1.54) is 0 Å². The lowest BCUT2D eigenvalue weighted by Gasteiger charge is -2.22. The summed E-state index contributed by atoms with van der Waals surface area (Å²) in [6, 6.07) is 7.06. The van der Waals surface area contributed by atoms with Gasteiger partial charge in [0.05, 0.1) is 0 Å². The van der Waals surface area contributed by atoms with Crippen LogP contribution in [0.2, 0.25) is 0 Å². The number of hydrogen-bond donors (Lipinski definition) is 2. The average molecular weight is 303 g/mol. The molecule has 1 fully saturated rings. The van der Waals surface area contributed by atoms with Crippen molar-refractivity contribution in [1.29, 1.82) is 0 Å². The molecule has 1 atom stereocenters. The summed E-state index contributed by atoms with van der Waals surface area (Å²) in [5, 5.41) is 2.82. The minimum absolute atomic E-state index is 0.0268. The maximum atomic E-state index is 12.5.